The van der Waals surface area contributed by atoms with Gasteiger partial charge in [0.25, 0.3) is 0 Å². The molecule has 2 fully saturated rings. The highest BCUT2D eigenvalue weighted by atomic mass is 15.3. The maximum atomic E-state index is 3.46. The number of hydrogen-bond acceptors (Lipinski definition) is 4. The van der Waals surface area contributed by atoms with E-state index in [2.05, 4.69) is 54.2 Å². The predicted molar refractivity (Wildman–Crippen MR) is 86.2 cm³/mol. The molecule has 0 saturated carbocycles. The van der Waals surface area contributed by atoms with Crippen LogP contribution in [0.3, 0.4) is 0 Å². The smallest absolute Gasteiger partial charge is 0.0380 e. The van der Waals surface area contributed by atoms with Crippen molar-refractivity contribution >= 4 is 0 Å². The van der Waals surface area contributed by atoms with Gasteiger partial charge in [-0.05, 0) is 33.3 Å². The van der Waals surface area contributed by atoms with Crippen molar-refractivity contribution in [2.24, 2.45) is 0 Å². The molecule has 2 saturated heterocycles. The van der Waals surface area contributed by atoms with Gasteiger partial charge in [-0.25, -0.2) is 0 Å². The van der Waals surface area contributed by atoms with Crippen LogP contribution in [0.2, 0.25) is 0 Å². The Kier molecular flexibility index (Phi) is 5.61. The Morgan fingerprint density at radius 3 is 2.00 bits per heavy atom. The van der Waals surface area contributed by atoms with Crippen LogP contribution in [0.1, 0.15) is 27.7 Å². The van der Waals surface area contributed by atoms with Crippen molar-refractivity contribution in [3.8, 4) is 0 Å². The van der Waals surface area contributed by atoms with Crippen LogP contribution in [0.15, 0.2) is 11.6 Å². The van der Waals surface area contributed by atoms with Crippen LogP contribution in [-0.2, 0) is 0 Å². The van der Waals surface area contributed by atoms with Gasteiger partial charge in [0.05, 0.1) is 0 Å². The molecule has 2 rings (SSSR count). The van der Waals surface area contributed by atoms with Crippen molar-refractivity contribution in [3.05, 3.63) is 11.6 Å². The second-order valence-electron chi connectivity index (χ2n) is 6.50. The fourth-order valence-electron chi connectivity index (χ4n) is 3.78. The van der Waals surface area contributed by atoms with Crippen molar-refractivity contribution in [2.45, 2.75) is 39.3 Å². The summed E-state index contributed by atoms with van der Waals surface area (Å²) in [5, 5.41) is 6.91. The van der Waals surface area contributed by atoms with E-state index < -0.39 is 0 Å². The minimum atomic E-state index is 0.154. The quantitative estimate of drug-likeness (QED) is 0.750. The lowest BCUT2D eigenvalue weighted by atomic mass is 9.85. The van der Waals surface area contributed by atoms with E-state index in [0.717, 1.165) is 52.4 Å². The third-order valence-electron chi connectivity index (χ3n) is 5.07. The molecule has 0 aromatic carbocycles. The number of allylic oxidation sites excluding steroid dienone is 1. The average molecular weight is 280 g/mol. The van der Waals surface area contributed by atoms with Gasteiger partial charge in [-0.1, -0.05) is 6.08 Å². The van der Waals surface area contributed by atoms with Crippen LogP contribution in [0.25, 0.3) is 0 Å². The summed E-state index contributed by atoms with van der Waals surface area (Å²) in [6.07, 6.45) is 2.36. The number of piperazine rings is 2. The van der Waals surface area contributed by atoms with Gasteiger partial charge in [-0.2, -0.15) is 0 Å². The number of hydrogen-bond donors (Lipinski definition) is 2. The molecule has 2 N–H and O–H groups in total. The van der Waals surface area contributed by atoms with Crippen LogP contribution in [-0.4, -0.2) is 73.7 Å². The van der Waals surface area contributed by atoms with Gasteiger partial charge in [0, 0.05) is 63.9 Å². The van der Waals surface area contributed by atoms with Gasteiger partial charge in [-0.15, -0.1) is 0 Å². The van der Waals surface area contributed by atoms with Crippen molar-refractivity contribution in [1.29, 1.82) is 0 Å². The monoisotopic (exact) mass is 280 g/mol. The van der Waals surface area contributed by atoms with Gasteiger partial charge in [0.15, 0.2) is 0 Å². The molecule has 0 bridgehead atoms. The standard InChI is InChI=1S/C16H32N4/c1-5-15(14(2)19-10-6-17-7-11-19)16(3,4)20-12-8-18-9-13-20/h5,14,17-18H,6-13H2,1-4H3. The molecule has 4 nitrogen and oxygen atoms in total. The number of nitrogens with one attached hydrogen (secondary N) is 2. The van der Waals surface area contributed by atoms with Crippen molar-refractivity contribution in [2.75, 3.05) is 52.4 Å². The summed E-state index contributed by atoms with van der Waals surface area (Å²) in [7, 11) is 0. The topological polar surface area (TPSA) is 30.5 Å². The molecule has 0 spiro atoms. The highest BCUT2D eigenvalue weighted by Gasteiger charge is 2.35. The third-order valence-corrected chi connectivity index (χ3v) is 5.07. The molecule has 0 aromatic heterocycles. The van der Waals surface area contributed by atoms with E-state index in [9.17, 15) is 0 Å². The second kappa shape index (κ2) is 7.03. The van der Waals surface area contributed by atoms with E-state index in [1.54, 1.807) is 5.57 Å². The Bertz CT molecular complexity index is 325. The summed E-state index contributed by atoms with van der Waals surface area (Å²) in [5.41, 5.74) is 1.72. The van der Waals surface area contributed by atoms with Crippen LogP contribution < -0.4 is 10.6 Å². The summed E-state index contributed by atoms with van der Waals surface area (Å²) in [4.78, 5) is 5.26. The first-order valence-electron chi connectivity index (χ1n) is 8.14. The summed E-state index contributed by atoms with van der Waals surface area (Å²) >= 11 is 0. The van der Waals surface area contributed by atoms with Crippen molar-refractivity contribution < 1.29 is 0 Å². The van der Waals surface area contributed by atoms with Gasteiger partial charge in [-0.3, -0.25) is 9.80 Å². The van der Waals surface area contributed by atoms with Gasteiger partial charge in [0.1, 0.15) is 0 Å². The van der Waals surface area contributed by atoms with Gasteiger partial charge < -0.3 is 10.6 Å². The Balaban J connectivity index is 2.08. The molecule has 1 atom stereocenters. The molecule has 0 amide bonds. The van der Waals surface area contributed by atoms with Gasteiger partial charge in [0.2, 0.25) is 0 Å². The lowest BCUT2D eigenvalue weighted by Crippen LogP contribution is -2.58. The molecular formula is C16H32N4. The average Bonchev–Trinajstić information content (AvgIpc) is 2.49. The fourth-order valence-corrected chi connectivity index (χ4v) is 3.78. The molecule has 0 radical (unpaired) electrons. The van der Waals surface area contributed by atoms with Crippen LogP contribution >= 0.6 is 0 Å². The van der Waals surface area contributed by atoms with Crippen LogP contribution in [0, 0.1) is 0 Å². The zero-order valence-corrected chi connectivity index (χ0v) is 13.7. The molecule has 1 unspecified atom stereocenters. The van der Waals surface area contributed by atoms with E-state index in [1.807, 2.05) is 0 Å². The summed E-state index contributed by atoms with van der Waals surface area (Å²) in [5.74, 6) is 0. The highest BCUT2D eigenvalue weighted by molar-refractivity contribution is 5.23. The largest absolute Gasteiger partial charge is 0.314 e. The first kappa shape index (κ1) is 16.0. The number of rotatable bonds is 4. The van der Waals surface area contributed by atoms with Gasteiger partial charge >= 0.3 is 0 Å². The maximum Gasteiger partial charge on any atom is 0.0380 e. The normalized spacial score (nSPS) is 25.7. The third kappa shape index (κ3) is 3.42. The van der Waals surface area contributed by atoms with Crippen LogP contribution in [0.4, 0.5) is 0 Å². The first-order chi connectivity index (χ1) is 9.57. The molecule has 0 aliphatic carbocycles. The molecule has 2 aliphatic rings. The van der Waals surface area contributed by atoms with E-state index in [4.69, 9.17) is 0 Å². The summed E-state index contributed by atoms with van der Waals surface area (Å²) < 4.78 is 0. The molecule has 0 aromatic rings. The lowest BCUT2D eigenvalue weighted by Gasteiger charge is -2.47. The minimum absolute atomic E-state index is 0.154. The lowest BCUT2D eigenvalue weighted by molar-refractivity contribution is 0.107. The van der Waals surface area contributed by atoms with Crippen molar-refractivity contribution in [3.63, 3.8) is 0 Å². The fraction of sp³-hybridized carbons (Fsp3) is 0.875. The zero-order chi connectivity index (χ0) is 14.6. The molecule has 2 aliphatic heterocycles. The molecular weight excluding hydrogens is 248 g/mol. The van der Waals surface area contributed by atoms with Crippen LogP contribution in [0.5, 0.6) is 0 Å². The van der Waals surface area contributed by atoms with Crippen molar-refractivity contribution in [1.82, 2.24) is 20.4 Å². The molecule has 4 heteroatoms. The molecule has 2 heterocycles. The Morgan fingerprint density at radius 1 is 1.00 bits per heavy atom. The molecule has 116 valence electrons. The van der Waals surface area contributed by atoms with E-state index in [-0.39, 0.29) is 5.54 Å². The Morgan fingerprint density at radius 2 is 1.50 bits per heavy atom. The maximum absolute atomic E-state index is 3.46. The van der Waals surface area contributed by atoms with E-state index in [1.165, 1.54) is 0 Å². The Hall–Kier alpha value is -0.420. The SMILES string of the molecule is CC=C(C(C)N1CCNCC1)C(C)(C)N1CCNCC1. The number of nitrogens with zero attached hydrogens (tertiary/aromatic N) is 2. The molecule has 20 heavy (non-hydrogen) atoms. The predicted octanol–water partition coefficient (Wildman–Crippen LogP) is 0.910. The minimum Gasteiger partial charge on any atom is -0.314 e. The van der Waals surface area contributed by atoms with E-state index in [0.29, 0.717) is 6.04 Å². The highest BCUT2D eigenvalue weighted by Crippen LogP contribution is 2.29. The second-order valence-corrected chi connectivity index (χ2v) is 6.50. The Labute approximate surface area is 124 Å². The zero-order valence-electron chi connectivity index (χ0n) is 13.7. The summed E-state index contributed by atoms with van der Waals surface area (Å²) in [6.45, 7) is 18.5. The first-order valence-corrected chi connectivity index (χ1v) is 8.14. The summed E-state index contributed by atoms with van der Waals surface area (Å²) in [6, 6.07) is 0.534. The van der Waals surface area contributed by atoms with E-state index >= 15 is 0 Å².